The van der Waals surface area contributed by atoms with E-state index in [1.165, 1.54) is 25.7 Å². The van der Waals surface area contributed by atoms with Crippen LogP contribution in [0.5, 0.6) is 0 Å². The fraction of sp³-hybridized carbons (Fsp3) is 0.579. The molecule has 24 heavy (non-hydrogen) atoms. The van der Waals surface area contributed by atoms with Gasteiger partial charge in [0.25, 0.3) is 0 Å². The number of hydrogen-bond donors (Lipinski definition) is 3. The number of nitrogens with zero attached hydrogens (tertiary/aromatic N) is 1. The number of carbonyl (C=O) groups is 1. The Morgan fingerprint density at radius 2 is 1.83 bits per heavy atom. The van der Waals surface area contributed by atoms with E-state index in [2.05, 4.69) is 34.8 Å². The Morgan fingerprint density at radius 1 is 1.17 bits per heavy atom. The third-order valence-electron chi connectivity index (χ3n) is 4.75. The highest BCUT2D eigenvalue weighted by molar-refractivity contribution is 5.94. The van der Waals surface area contributed by atoms with Gasteiger partial charge in [-0.05, 0) is 49.7 Å². The quantitative estimate of drug-likeness (QED) is 0.574. The Kier molecular flexibility index (Phi) is 7.09. The molecule has 1 saturated carbocycles. The van der Waals surface area contributed by atoms with Gasteiger partial charge >= 0.3 is 0 Å². The van der Waals surface area contributed by atoms with Gasteiger partial charge in [0.1, 0.15) is 0 Å². The summed E-state index contributed by atoms with van der Waals surface area (Å²) in [5.41, 5.74) is 0.805. The van der Waals surface area contributed by atoms with E-state index in [0.29, 0.717) is 12.0 Å². The standard InChI is InChI=1S/C19H30N4O/c1-14(2)15-9-11-17(12-10-15)23-19(20-3)21-13-18(24)22-16-7-5-4-6-8-16/h4-8,14-15,17H,9-13H2,1-3H3,(H,22,24)(H2,20,21,23). The molecule has 5 nitrogen and oxygen atoms in total. The monoisotopic (exact) mass is 330 g/mol. The summed E-state index contributed by atoms with van der Waals surface area (Å²) in [7, 11) is 1.74. The Hall–Kier alpha value is -2.04. The predicted octanol–water partition coefficient (Wildman–Crippen LogP) is 3.00. The topological polar surface area (TPSA) is 65.5 Å². The molecule has 0 heterocycles. The van der Waals surface area contributed by atoms with E-state index >= 15 is 0 Å². The maximum Gasteiger partial charge on any atom is 0.243 e. The first-order valence-electron chi connectivity index (χ1n) is 8.90. The van der Waals surface area contributed by atoms with Crippen LogP contribution in [0.15, 0.2) is 35.3 Å². The van der Waals surface area contributed by atoms with Gasteiger partial charge < -0.3 is 16.0 Å². The van der Waals surface area contributed by atoms with Crippen LogP contribution in [-0.4, -0.2) is 31.5 Å². The lowest BCUT2D eigenvalue weighted by molar-refractivity contribution is -0.115. The van der Waals surface area contributed by atoms with Crippen molar-refractivity contribution in [1.29, 1.82) is 0 Å². The molecule has 0 unspecified atom stereocenters. The van der Waals surface area contributed by atoms with E-state index in [1.54, 1.807) is 7.05 Å². The number of aliphatic imine (C=N–C) groups is 1. The van der Waals surface area contributed by atoms with E-state index < -0.39 is 0 Å². The van der Waals surface area contributed by atoms with Gasteiger partial charge in [-0.2, -0.15) is 0 Å². The molecular formula is C19H30N4O. The van der Waals surface area contributed by atoms with E-state index in [9.17, 15) is 4.79 Å². The highest BCUT2D eigenvalue weighted by Gasteiger charge is 2.23. The van der Waals surface area contributed by atoms with Crippen molar-refractivity contribution < 1.29 is 4.79 Å². The Labute approximate surface area is 145 Å². The largest absolute Gasteiger partial charge is 0.354 e. The summed E-state index contributed by atoms with van der Waals surface area (Å²) >= 11 is 0. The van der Waals surface area contributed by atoms with Crippen LogP contribution in [0.3, 0.4) is 0 Å². The van der Waals surface area contributed by atoms with Crippen LogP contribution >= 0.6 is 0 Å². The summed E-state index contributed by atoms with van der Waals surface area (Å²) in [4.78, 5) is 16.2. The second kappa shape index (κ2) is 9.30. The van der Waals surface area contributed by atoms with Crippen molar-refractivity contribution in [3.05, 3.63) is 30.3 Å². The zero-order valence-corrected chi connectivity index (χ0v) is 15.0. The zero-order valence-electron chi connectivity index (χ0n) is 15.0. The lowest BCUT2D eigenvalue weighted by Gasteiger charge is -2.32. The third-order valence-corrected chi connectivity index (χ3v) is 4.75. The summed E-state index contributed by atoms with van der Waals surface area (Å²) in [6.45, 7) is 4.82. The van der Waals surface area contributed by atoms with Crippen LogP contribution < -0.4 is 16.0 Å². The number of benzene rings is 1. The predicted molar refractivity (Wildman–Crippen MR) is 100 cm³/mol. The van der Waals surface area contributed by atoms with Crippen molar-refractivity contribution in [1.82, 2.24) is 10.6 Å². The van der Waals surface area contributed by atoms with Gasteiger partial charge in [0, 0.05) is 18.8 Å². The minimum absolute atomic E-state index is 0.0762. The van der Waals surface area contributed by atoms with Crippen LogP contribution in [0.25, 0.3) is 0 Å². The van der Waals surface area contributed by atoms with Gasteiger partial charge in [0.15, 0.2) is 5.96 Å². The van der Waals surface area contributed by atoms with Crippen molar-refractivity contribution >= 4 is 17.6 Å². The number of hydrogen-bond acceptors (Lipinski definition) is 2. The molecule has 0 bridgehead atoms. The van der Waals surface area contributed by atoms with Crippen molar-refractivity contribution in [3.8, 4) is 0 Å². The number of carbonyl (C=O) groups excluding carboxylic acids is 1. The Balaban J connectivity index is 1.72. The van der Waals surface area contributed by atoms with Crippen molar-refractivity contribution in [2.75, 3.05) is 18.9 Å². The SMILES string of the molecule is CN=C(NCC(=O)Nc1ccccc1)NC1CCC(C(C)C)CC1. The van der Waals surface area contributed by atoms with E-state index in [-0.39, 0.29) is 12.5 Å². The van der Waals surface area contributed by atoms with Crippen LogP contribution in [0.2, 0.25) is 0 Å². The van der Waals surface area contributed by atoms with Gasteiger partial charge in [0.05, 0.1) is 6.54 Å². The molecule has 5 heteroatoms. The normalized spacial score (nSPS) is 21.4. The van der Waals surface area contributed by atoms with Gasteiger partial charge in [0.2, 0.25) is 5.91 Å². The van der Waals surface area contributed by atoms with E-state index in [4.69, 9.17) is 0 Å². The van der Waals surface area contributed by atoms with Crippen LogP contribution in [0.1, 0.15) is 39.5 Å². The van der Waals surface area contributed by atoms with E-state index in [1.807, 2.05) is 30.3 Å². The third kappa shape index (κ3) is 5.87. The average molecular weight is 330 g/mol. The summed E-state index contributed by atoms with van der Waals surface area (Å²) in [5.74, 6) is 2.23. The first-order valence-corrected chi connectivity index (χ1v) is 8.90. The molecule has 0 radical (unpaired) electrons. The second-order valence-electron chi connectivity index (χ2n) is 6.84. The smallest absolute Gasteiger partial charge is 0.243 e. The van der Waals surface area contributed by atoms with Crippen LogP contribution in [-0.2, 0) is 4.79 Å². The molecule has 0 spiro atoms. The highest BCUT2D eigenvalue weighted by atomic mass is 16.1. The first-order chi connectivity index (χ1) is 11.6. The van der Waals surface area contributed by atoms with Crippen LogP contribution in [0, 0.1) is 11.8 Å². The van der Waals surface area contributed by atoms with E-state index in [0.717, 1.165) is 17.5 Å². The Bertz CT molecular complexity index is 534. The maximum absolute atomic E-state index is 12.0. The lowest BCUT2D eigenvalue weighted by atomic mass is 9.80. The summed E-state index contributed by atoms with van der Waals surface area (Å²) in [6.07, 6.45) is 4.86. The zero-order chi connectivity index (χ0) is 17.4. The molecular weight excluding hydrogens is 300 g/mol. The number of guanidine groups is 1. The summed E-state index contributed by atoms with van der Waals surface area (Å²) in [5, 5.41) is 9.40. The average Bonchev–Trinajstić information content (AvgIpc) is 2.60. The number of para-hydroxylation sites is 1. The molecule has 132 valence electrons. The summed E-state index contributed by atoms with van der Waals surface area (Å²) in [6, 6.07) is 9.92. The molecule has 0 aliphatic heterocycles. The van der Waals surface area contributed by atoms with Gasteiger partial charge in [-0.15, -0.1) is 0 Å². The van der Waals surface area contributed by atoms with Crippen molar-refractivity contribution in [2.24, 2.45) is 16.8 Å². The molecule has 3 N–H and O–H groups in total. The Morgan fingerprint density at radius 3 is 2.42 bits per heavy atom. The van der Waals surface area contributed by atoms with Gasteiger partial charge in [-0.25, -0.2) is 0 Å². The molecule has 1 amide bonds. The molecule has 2 rings (SSSR count). The van der Waals surface area contributed by atoms with Gasteiger partial charge in [-0.3, -0.25) is 9.79 Å². The molecule has 0 aromatic heterocycles. The molecule has 1 aliphatic rings. The first kappa shape index (κ1) is 18.3. The number of rotatable bonds is 5. The van der Waals surface area contributed by atoms with Crippen molar-refractivity contribution in [3.63, 3.8) is 0 Å². The maximum atomic E-state index is 12.0. The lowest BCUT2D eigenvalue weighted by Crippen LogP contribution is -2.47. The molecule has 1 aliphatic carbocycles. The van der Waals surface area contributed by atoms with Crippen molar-refractivity contribution in [2.45, 2.75) is 45.6 Å². The highest BCUT2D eigenvalue weighted by Crippen LogP contribution is 2.29. The number of amides is 1. The molecule has 0 atom stereocenters. The fourth-order valence-corrected chi connectivity index (χ4v) is 3.21. The molecule has 1 fully saturated rings. The fourth-order valence-electron chi connectivity index (χ4n) is 3.21. The molecule has 0 saturated heterocycles. The number of anilines is 1. The van der Waals surface area contributed by atoms with Crippen LogP contribution in [0.4, 0.5) is 5.69 Å². The summed E-state index contributed by atoms with van der Waals surface area (Å²) < 4.78 is 0. The second-order valence-corrected chi connectivity index (χ2v) is 6.84. The molecule has 1 aromatic carbocycles. The minimum atomic E-state index is -0.0762. The number of nitrogens with one attached hydrogen (secondary N) is 3. The van der Waals surface area contributed by atoms with Gasteiger partial charge in [-0.1, -0.05) is 32.0 Å². The molecule has 1 aromatic rings. The minimum Gasteiger partial charge on any atom is -0.354 e.